The standard InChI is InChI=1S/C28H24N6O3/c1-2-25(35)34-10-8-20(15-34)23-12-21(11-22-14-30-16-32-26(22)23)17-3-5-18(6-4-17)28(37)33-24-13-19(27(29)36)7-9-31-24/h2-7,9,11-14,16,20H,1,8,10,15H2,(H2,29,36)(H,31,33,37). The summed E-state index contributed by atoms with van der Waals surface area (Å²) in [6.45, 7) is 4.88. The molecule has 1 unspecified atom stereocenters. The van der Waals surface area contributed by atoms with Crippen LogP contribution in [-0.4, -0.2) is 50.7 Å². The summed E-state index contributed by atoms with van der Waals surface area (Å²) in [7, 11) is 0. The SMILES string of the molecule is C=CC(=O)N1CCC(c2cc(-c3ccc(C(=O)Nc4cc(C(N)=O)ccn4)cc3)cc3cncnc23)C1. The van der Waals surface area contributed by atoms with E-state index in [1.807, 2.05) is 18.2 Å². The third-order valence-electron chi connectivity index (χ3n) is 6.52. The highest BCUT2D eigenvalue weighted by Gasteiger charge is 2.28. The molecular weight excluding hydrogens is 468 g/mol. The van der Waals surface area contributed by atoms with E-state index in [1.165, 1.54) is 30.7 Å². The molecule has 2 aromatic carbocycles. The molecule has 37 heavy (non-hydrogen) atoms. The molecule has 1 fully saturated rings. The predicted octanol–water partition coefficient (Wildman–Crippen LogP) is 3.54. The fraction of sp³-hybridized carbons (Fsp3) is 0.143. The van der Waals surface area contributed by atoms with Crippen molar-refractivity contribution in [2.45, 2.75) is 12.3 Å². The Morgan fingerprint density at radius 2 is 1.84 bits per heavy atom. The molecule has 3 N–H and O–H groups in total. The minimum Gasteiger partial charge on any atom is -0.366 e. The number of carbonyl (C=O) groups is 3. The minimum atomic E-state index is -0.597. The summed E-state index contributed by atoms with van der Waals surface area (Å²) in [5.41, 5.74) is 9.83. The van der Waals surface area contributed by atoms with Crippen LogP contribution in [0.2, 0.25) is 0 Å². The fourth-order valence-electron chi connectivity index (χ4n) is 4.61. The van der Waals surface area contributed by atoms with Gasteiger partial charge in [-0.3, -0.25) is 14.4 Å². The van der Waals surface area contributed by atoms with Gasteiger partial charge in [0, 0.05) is 47.9 Å². The van der Waals surface area contributed by atoms with Crippen LogP contribution in [0.25, 0.3) is 22.0 Å². The maximum Gasteiger partial charge on any atom is 0.256 e. The number of nitrogens with one attached hydrogen (secondary N) is 1. The molecule has 184 valence electrons. The molecule has 0 radical (unpaired) electrons. The van der Waals surface area contributed by atoms with Crippen molar-refractivity contribution in [2.24, 2.45) is 5.73 Å². The molecule has 0 aliphatic carbocycles. The smallest absolute Gasteiger partial charge is 0.256 e. The number of pyridine rings is 1. The first-order valence-electron chi connectivity index (χ1n) is 11.8. The third kappa shape index (κ3) is 4.92. The second-order valence-corrected chi connectivity index (χ2v) is 8.83. The van der Waals surface area contributed by atoms with E-state index in [-0.39, 0.29) is 29.1 Å². The molecule has 0 spiro atoms. The zero-order chi connectivity index (χ0) is 25.9. The van der Waals surface area contributed by atoms with E-state index in [9.17, 15) is 14.4 Å². The third-order valence-corrected chi connectivity index (χ3v) is 6.52. The molecule has 2 aromatic heterocycles. The Hall–Kier alpha value is -4.92. The first-order valence-corrected chi connectivity index (χ1v) is 11.8. The van der Waals surface area contributed by atoms with Gasteiger partial charge in [-0.15, -0.1) is 0 Å². The lowest BCUT2D eigenvalue weighted by Crippen LogP contribution is -2.26. The Morgan fingerprint density at radius 1 is 1.03 bits per heavy atom. The number of nitrogens with zero attached hydrogens (tertiary/aromatic N) is 4. The molecule has 1 aliphatic rings. The van der Waals surface area contributed by atoms with Crippen molar-refractivity contribution in [1.29, 1.82) is 0 Å². The molecule has 4 aromatic rings. The van der Waals surface area contributed by atoms with Crippen LogP contribution in [-0.2, 0) is 4.79 Å². The quantitative estimate of drug-likeness (QED) is 0.396. The van der Waals surface area contributed by atoms with Gasteiger partial charge in [0.25, 0.3) is 5.91 Å². The molecule has 1 atom stereocenters. The van der Waals surface area contributed by atoms with Crippen molar-refractivity contribution in [3.63, 3.8) is 0 Å². The lowest BCUT2D eigenvalue weighted by atomic mass is 9.91. The minimum absolute atomic E-state index is 0.0667. The van der Waals surface area contributed by atoms with Crippen molar-refractivity contribution >= 4 is 34.4 Å². The predicted molar refractivity (Wildman–Crippen MR) is 140 cm³/mol. The maximum absolute atomic E-state index is 12.7. The van der Waals surface area contributed by atoms with Gasteiger partial charge < -0.3 is 16.0 Å². The molecule has 3 heterocycles. The summed E-state index contributed by atoms with van der Waals surface area (Å²) in [5.74, 6) is -0.630. The number of rotatable bonds is 6. The lowest BCUT2D eigenvalue weighted by molar-refractivity contribution is -0.125. The summed E-state index contributed by atoms with van der Waals surface area (Å²) in [4.78, 5) is 50.8. The van der Waals surface area contributed by atoms with Gasteiger partial charge in [0.2, 0.25) is 11.8 Å². The highest BCUT2D eigenvalue weighted by atomic mass is 16.2. The summed E-state index contributed by atoms with van der Waals surface area (Å²) in [5, 5.41) is 3.60. The molecular formula is C28H24N6O3. The van der Waals surface area contributed by atoms with Crippen LogP contribution < -0.4 is 11.1 Å². The van der Waals surface area contributed by atoms with Crippen molar-refractivity contribution < 1.29 is 14.4 Å². The Balaban J connectivity index is 1.41. The van der Waals surface area contributed by atoms with E-state index in [1.54, 1.807) is 23.2 Å². The van der Waals surface area contributed by atoms with Gasteiger partial charge in [-0.2, -0.15) is 0 Å². The summed E-state index contributed by atoms with van der Waals surface area (Å²) >= 11 is 0. The highest BCUT2D eigenvalue weighted by molar-refractivity contribution is 6.04. The van der Waals surface area contributed by atoms with E-state index in [2.05, 4.69) is 32.9 Å². The number of anilines is 1. The van der Waals surface area contributed by atoms with E-state index in [4.69, 9.17) is 5.73 Å². The van der Waals surface area contributed by atoms with Gasteiger partial charge in [-0.25, -0.2) is 15.0 Å². The largest absolute Gasteiger partial charge is 0.366 e. The van der Waals surface area contributed by atoms with E-state index < -0.39 is 5.91 Å². The number of nitrogens with two attached hydrogens (primary N) is 1. The average Bonchev–Trinajstić information content (AvgIpc) is 3.42. The normalized spacial score (nSPS) is 14.9. The number of hydrogen-bond acceptors (Lipinski definition) is 6. The van der Waals surface area contributed by atoms with Crippen LogP contribution in [0.15, 0.2) is 79.9 Å². The molecule has 1 saturated heterocycles. The second kappa shape index (κ2) is 9.98. The van der Waals surface area contributed by atoms with Crippen molar-refractivity contribution in [3.8, 4) is 11.1 Å². The summed E-state index contributed by atoms with van der Waals surface area (Å²) < 4.78 is 0. The summed E-state index contributed by atoms with van der Waals surface area (Å²) in [6, 6.07) is 14.3. The molecule has 9 heteroatoms. The number of fused-ring (bicyclic) bond motifs is 1. The Morgan fingerprint density at radius 3 is 2.59 bits per heavy atom. The number of benzene rings is 2. The molecule has 9 nitrogen and oxygen atoms in total. The highest BCUT2D eigenvalue weighted by Crippen LogP contribution is 2.35. The maximum atomic E-state index is 12.7. The lowest BCUT2D eigenvalue weighted by Gasteiger charge is -2.17. The molecule has 0 bridgehead atoms. The van der Waals surface area contributed by atoms with Crippen molar-refractivity contribution in [3.05, 3.63) is 96.6 Å². The number of likely N-dealkylation sites (tertiary alicyclic amines) is 1. The van der Waals surface area contributed by atoms with E-state index >= 15 is 0 Å². The van der Waals surface area contributed by atoms with Crippen LogP contribution >= 0.6 is 0 Å². The first kappa shape index (κ1) is 23.8. The van der Waals surface area contributed by atoms with Gasteiger partial charge in [0.05, 0.1) is 5.52 Å². The number of carbonyl (C=O) groups excluding carboxylic acids is 3. The van der Waals surface area contributed by atoms with E-state index in [0.717, 1.165) is 34.0 Å². The van der Waals surface area contributed by atoms with Gasteiger partial charge >= 0.3 is 0 Å². The van der Waals surface area contributed by atoms with Crippen LogP contribution in [0.4, 0.5) is 5.82 Å². The number of amides is 3. The van der Waals surface area contributed by atoms with Crippen LogP contribution in [0, 0.1) is 0 Å². The van der Waals surface area contributed by atoms with Gasteiger partial charge in [0.15, 0.2) is 0 Å². The van der Waals surface area contributed by atoms with Crippen LogP contribution in [0.1, 0.15) is 38.6 Å². The molecule has 5 rings (SSSR count). The monoisotopic (exact) mass is 492 g/mol. The second-order valence-electron chi connectivity index (χ2n) is 8.83. The molecule has 3 amide bonds. The zero-order valence-electron chi connectivity index (χ0n) is 19.9. The van der Waals surface area contributed by atoms with E-state index in [0.29, 0.717) is 18.7 Å². The molecule has 0 saturated carbocycles. The number of primary amides is 1. The zero-order valence-corrected chi connectivity index (χ0v) is 19.9. The van der Waals surface area contributed by atoms with Crippen molar-refractivity contribution in [2.75, 3.05) is 18.4 Å². The molecule has 1 aliphatic heterocycles. The Labute approximate surface area is 213 Å². The van der Waals surface area contributed by atoms with Crippen LogP contribution in [0.5, 0.6) is 0 Å². The van der Waals surface area contributed by atoms with Gasteiger partial charge in [-0.05, 0) is 65.6 Å². The average molecular weight is 493 g/mol. The van der Waals surface area contributed by atoms with Crippen molar-refractivity contribution in [1.82, 2.24) is 19.9 Å². The van der Waals surface area contributed by atoms with Gasteiger partial charge in [0.1, 0.15) is 12.1 Å². The fourth-order valence-corrected chi connectivity index (χ4v) is 4.61. The number of aromatic nitrogens is 3. The first-order chi connectivity index (χ1) is 17.9. The topological polar surface area (TPSA) is 131 Å². The number of hydrogen-bond donors (Lipinski definition) is 2. The van der Waals surface area contributed by atoms with Gasteiger partial charge in [-0.1, -0.05) is 18.7 Å². The Bertz CT molecular complexity index is 1530. The summed E-state index contributed by atoms with van der Waals surface area (Å²) in [6.07, 6.45) is 6.92. The Kier molecular flexibility index (Phi) is 6.42. The van der Waals surface area contributed by atoms with Crippen LogP contribution in [0.3, 0.4) is 0 Å².